The average Bonchev–Trinajstić information content (AvgIpc) is 2.54. The van der Waals surface area contributed by atoms with Gasteiger partial charge in [-0.1, -0.05) is 0 Å². The second-order valence-corrected chi connectivity index (χ2v) is 4.70. The van der Waals surface area contributed by atoms with Crippen LogP contribution in [0.4, 0.5) is 0 Å². The van der Waals surface area contributed by atoms with E-state index in [1.807, 2.05) is 40.1 Å². The molecular weight excluding hydrogens is 164 g/mol. The number of aromatic nitrogens is 1. The quantitative estimate of drug-likeness (QED) is 0.651. The van der Waals surface area contributed by atoms with Crippen LogP contribution in [0.3, 0.4) is 0 Å². The van der Waals surface area contributed by atoms with E-state index in [0.29, 0.717) is 0 Å². The van der Waals surface area contributed by atoms with Crippen LogP contribution in [0.15, 0.2) is 12.4 Å². The molecule has 1 aromatic heterocycles. The standard InChI is InChI=1S/C10H15N2O/c1-9(2)7-5-11-6-8(7)10(3,4)12(9)13/h5-6,11H,1-4H3. The van der Waals surface area contributed by atoms with Gasteiger partial charge in [-0.05, 0) is 38.8 Å². The number of hydrogen-bond acceptors (Lipinski definition) is 1. The minimum absolute atomic E-state index is 0.404. The molecule has 1 radical (unpaired) electrons. The van der Waals surface area contributed by atoms with Gasteiger partial charge < -0.3 is 4.98 Å². The number of rotatable bonds is 0. The lowest BCUT2D eigenvalue weighted by Gasteiger charge is -2.32. The lowest BCUT2D eigenvalue weighted by atomic mass is 9.95. The highest BCUT2D eigenvalue weighted by Crippen LogP contribution is 2.47. The second kappa shape index (κ2) is 2.16. The minimum Gasteiger partial charge on any atom is -0.367 e. The topological polar surface area (TPSA) is 38.9 Å². The zero-order chi connectivity index (χ0) is 9.85. The molecule has 2 rings (SSSR count). The summed E-state index contributed by atoms with van der Waals surface area (Å²) in [6.45, 7) is 7.84. The summed E-state index contributed by atoms with van der Waals surface area (Å²) in [4.78, 5) is 3.07. The van der Waals surface area contributed by atoms with Gasteiger partial charge in [0, 0.05) is 12.4 Å². The SMILES string of the molecule is CC1(C)c2c[nH]cc2C(C)(C)N1[O]. The van der Waals surface area contributed by atoms with Gasteiger partial charge in [-0.3, -0.25) is 0 Å². The third-order valence-electron chi connectivity index (χ3n) is 3.08. The number of hydrogen-bond donors (Lipinski definition) is 1. The van der Waals surface area contributed by atoms with E-state index in [9.17, 15) is 5.21 Å². The van der Waals surface area contributed by atoms with Crippen LogP contribution in [0.2, 0.25) is 0 Å². The number of aromatic amines is 1. The Kier molecular flexibility index (Phi) is 1.46. The Bertz CT molecular complexity index is 308. The van der Waals surface area contributed by atoms with E-state index in [4.69, 9.17) is 0 Å². The maximum Gasteiger partial charge on any atom is 0.0713 e. The fourth-order valence-corrected chi connectivity index (χ4v) is 2.29. The summed E-state index contributed by atoms with van der Waals surface area (Å²) in [6.07, 6.45) is 3.85. The van der Waals surface area contributed by atoms with Gasteiger partial charge in [-0.25, -0.2) is 0 Å². The number of hydroxylamine groups is 2. The molecule has 0 unspecified atom stereocenters. The highest BCUT2D eigenvalue weighted by Gasteiger charge is 2.50. The fourth-order valence-electron chi connectivity index (χ4n) is 2.29. The van der Waals surface area contributed by atoms with Gasteiger partial charge in [0.25, 0.3) is 0 Å². The molecule has 1 aliphatic rings. The van der Waals surface area contributed by atoms with E-state index in [-0.39, 0.29) is 0 Å². The van der Waals surface area contributed by atoms with Crippen molar-refractivity contribution in [2.75, 3.05) is 0 Å². The monoisotopic (exact) mass is 179 g/mol. The molecule has 0 aromatic carbocycles. The predicted octanol–water partition coefficient (Wildman–Crippen LogP) is 2.15. The van der Waals surface area contributed by atoms with E-state index in [0.717, 1.165) is 11.1 Å². The highest BCUT2D eigenvalue weighted by molar-refractivity contribution is 5.40. The van der Waals surface area contributed by atoms with Crippen LogP contribution in [-0.4, -0.2) is 10.0 Å². The molecule has 13 heavy (non-hydrogen) atoms. The van der Waals surface area contributed by atoms with Gasteiger partial charge in [-0.15, -0.1) is 10.3 Å². The van der Waals surface area contributed by atoms with Crippen molar-refractivity contribution in [2.24, 2.45) is 0 Å². The molecule has 0 saturated heterocycles. The summed E-state index contributed by atoms with van der Waals surface area (Å²) < 4.78 is 0. The molecule has 1 aliphatic heterocycles. The van der Waals surface area contributed by atoms with Crippen molar-refractivity contribution < 1.29 is 5.21 Å². The normalized spacial score (nSPS) is 24.7. The fraction of sp³-hybridized carbons (Fsp3) is 0.600. The summed E-state index contributed by atoms with van der Waals surface area (Å²) in [7, 11) is 0. The number of nitrogens with one attached hydrogen (secondary N) is 1. The van der Waals surface area contributed by atoms with Crippen molar-refractivity contribution in [1.82, 2.24) is 10.0 Å². The molecule has 0 amide bonds. The Morgan fingerprint density at radius 2 is 1.46 bits per heavy atom. The van der Waals surface area contributed by atoms with Crippen LogP contribution in [0.25, 0.3) is 0 Å². The molecular formula is C10H15N2O. The Morgan fingerprint density at radius 3 is 1.85 bits per heavy atom. The zero-order valence-electron chi connectivity index (χ0n) is 8.51. The highest BCUT2D eigenvalue weighted by atomic mass is 16.5. The Hall–Kier alpha value is -0.800. The van der Waals surface area contributed by atoms with Crippen LogP contribution < -0.4 is 0 Å². The first-order valence-electron chi connectivity index (χ1n) is 4.53. The summed E-state index contributed by atoms with van der Waals surface area (Å²) in [5.74, 6) is 0. The maximum absolute atomic E-state index is 12.0. The summed E-state index contributed by atoms with van der Waals surface area (Å²) in [6, 6.07) is 0. The second-order valence-electron chi connectivity index (χ2n) is 4.70. The van der Waals surface area contributed by atoms with Gasteiger partial charge in [0.05, 0.1) is 11.1 Å². The van der Waals surface area contributed by atoms with Gasteiger partial charge in [0.1, 0.15) is 0 Å². The van der Waals surface area contributed by atoms with Crippen LogP contribution in [0.5, 0.6) is 0 Å². The van der Waals surface area contributed by atoms with E-state index < -0.39 is 11.1 Å². The van der Waals surface area contributed by atoms with Crippen LogP contribution in [0, 0.1) is 0 Å². The van der Waals surface area contributed by atoms with Crippen molar-refractivity contribution in [3.05, 3.63) is 23.5 Å². The lowest BCUT2D eigenvalue weighted by Crippen LogP contribution is -2.41. The van der Waals surface area contributed by atoms with Crippen molar-refractivity contribution >= 4 is 0 Å². The van der Waals surface area contributed by atoms with Crippen LogP contribution in [0.1, 0.15) is 38.8 Å². The molecule has 3 heteroatoms. The van der Waals surface area contributed by atoms with Crippen LogP contribution >= 0.6 is 0 Å². The molecule has 3 nitrogen and oxygen atoms in total. The van der Waals surface area contributed by atoms with Gasteiger partial charge in [0.15, 0.2) is 0 Å². The van der Waals surface area contributed by atoms with Gasteiger partial charge in [-0.2, -0.15) is 0 Å². The molecule has 71 valence electrons. The van der Waals surface area contributed by atoms with Crippen molar-refractivity contribution in [1.29, 1.82) is 0 Å². The maximum atomic E-state index is 12.0. The minimum atomic E-state index is -0.404. The Labute approximate surface area is 78.3 Å². The van der Waals surface area contributed by atoms with Crippen molar-refractivity contribution in [3.63, 3.8) is 0 Å². The summed E-state index contributed by atoms with van der Waals surface area (Å²) in [5, 5.41) is 13.1. The first-order valence-corrected chi connectivity index (χ1v) is 4.53. The van der Waals surface area contributed by atoms with Gasteiger partial charge in [0.2, 0.25) is 0 Å². The van der Waals surface area contributed by atoms with E-state index in [1.165, 1.54) is 5.06 Å². The Morgan fingerprint density at radius 1 is 1.08 bits per heavy atom. The van der Waals surface area contributed by atoms with Crippen molar-refractivity contribution in [2.45, 2.75) is 38.8 Å². The first-order chi connectivity index (χ1) is 5.88. The molecule has 0 atom stereocenters. The van der Waals surface area contributed by atoms with E-state index in [2.05, 4.69) is 4.98 Å². The molecule has 1 N–H and O–H groups in total. The lowest BCUT2D eigenvalue weighted by molar-refractivity contribution is -0.266. The Balaban J connectivity index is 2.65. The number of fused-ring (bicyclic) bond motifs is 1. The molecule has 0 spiro atoms. The average molecular weight is 179 g/mol. The molecule has 0 fully saturated rings. The van der Waals surface area contributed by atoms with Crippen molar-refractivity contribution in [3.8, 4) is 0 Å². The molecule has 0 aliphatic carbocycles. The number of nitrogens with zero attached hydrogens (tertiary/aromatic N) is 1. The molecule has 2 heterocycles. The third-order valence-corrected chi connectivity index (χ3v) is 3.08. The number of H-pyrrole nitrogens is 1. The molecule has 0 saturated carbocycles. The first kappa shape index (κ1) is 8.78. The molecule has 1 aromatic rings. The molecule has 0 bridgehead atoms. The summed E-state index contributed by atoms with van der Waals surface area (Å²) in [5.41, 5.74) is 1.43. The third kappa shape index (κ3) is 0.860. The largest absolute Gasteiger partial charge is 0.367 e. The smallest absolute Gasteiger partial charge is 0.0713 e. The van der Waals surface area contributed by atoms with E-state index in [1.54, 1.807) is 0 Å². The predicted molar refractivity (Wildman–Crippen MR) is 49.4 cm³/mol. The zero-order valence-corrected chi connectivity index (χ0v) is 8.51. The van der Waals surface area contributed by atoms with E-state index >= 15 is 0 Å². The van der Waals surface area contributed by atoms with Gasteiger partial charge >= 0.3 is 0 Å². The van der Waals surface area contributed by atoms with Crippen LogP contribution in [-0.2, 0) is 16.3 Å². The summed E-state index contributed by atoms with van der Waals surface area (Å²) >= 11 is 0.